The smallest absolute Gasteiger partial charge is 0.321 e. The first kappa shape index (κ1) is 22.4. The molecular formula is C22H19F3N2O3S. The van der Waals surface area contributed by atoms with E-state index >= 15 is 0 Å². The third-order valence-corrected chi connectivity index (χ3v) is 5.94. The molecule has 0 unspecified atom stereocenters. The lowest BCUT2D eigenvalue weighted by Gasteiger charge is -2.15. The zero-order valence-electron chi connectivity index (χ0n) is 16.6. The summed E-state index contributed by atoms with van der Waals surface area (Å²) in [5.41, 5.74) is 0.232. The van der Waals surface area contributed by atoms with Crippen molar-refractivity contribution in [1.29, 1.82) is 0 Å². The topological polar surface area (TPSA) is 75.3 Å². The molecule has 3 aromatic rings. The number of rotatable bonds is 5. The lowest BCUT2D eigenvalue weighted by molar-refractivity contribution is -0.136. The van der Waals surface area contributed by atoms with Gasteiger partial charge in [-0.2, -0.15) is 13.2 Å². The number of amides is 1. The summed E-state index contributed by atoms with van der Waals surface area (Å²) < 4.78 is 67.2. The van der Waals surface area contributed by atoms with E-state index in [1.54, 1.807) is 19.1 Å². The Morgan fingerprint density at radius 1 is 0.871 bits per heavy atom. The zero-order chi connectivity index (χ0) is 22.8. The standard InChI is InChI=1S/C22H19F3N2O3S/c1-14-7-11-17(12-8-14)31(29,30)27-20-13-16(10-9-15(20)2)21(28)26-19-6-4-3-5-18(19)22(23,24)25/h3-13,27H,1-2H3,(H,26,28). The number of carbonyl (C=O) groups excluding carboxylic acids is 1. The Balaban J connectivity index is 1.88. The van der Waals surface area contributed by atoms with Crippen LogP contribution in [0.2, 0.25) is 0 Å². The summed E-state index contributed by atoms with van der Waals surface area (Å²) in [6.07, 6.45) is -4.63. The van der Waals surface area contributed by atoms with E-state index in [4.69, 9.17) is 0 Å². The van der Waals surface area contributed by atoms with Crippen LogP contribution in [0.3, 0.4) is 0 Å². The maximum atomic E-state index is 13.2. The summed E-state index contributed by atoms with van der Waals surface area (Å²) >= 11 is 0. The molecular weight excluding hydrogens is 429 g/mol. The highest BCUT2D eigenvalue weighted by molar-refractivity contribution is 7.92. The molecule has 0 heterocycles. The number of halogens is 3. The van der Waals surface area contributed by atoms with E-state index < -0.39 is 27.7 Å². The Morgan fingerprint density at radius 2 is 1.52 bits per heavy atom. The normalized spacial score (nSPS) is 11.8. The minimum Gasteiger partial charge on any atom is -0.321 e. The van der Waals surface area contributed by atoms with Crippen molar-refractivity contribution in [3.05, 3.63) is 89.0 Å². The van der Waals surface area contributed by atoms with Gasteiger partial charge in [-0.25, -0.2) is 8.42 Å². The summed E-state index contributed by atoms with van der Waals surface area (Å²) in [7, 11) is -3.91. The molecule has 5 nitrogen and oxygen atoms in total. The molecule has 0 aliphatic heterocycles. The molecule has 0 bridgehead atoms. The Morgan fingerprint density at radius 3 is 2.16 bits per heavy atom. The number of aryl methyl sites for hydroxylation is 2. The third-order valence-electron chi connectivity index (χ3n) is 4.56. The van der Waals surface area contributed by atoms with Gasteiger partial charge in [0.25, 0.3) is 15.9 Å². The highest BCUT2D eigenvalue weighted by Crippen LogP contribution is 2.34. The van der Waals surface area contributed by atoms with Gasteiger partial charge in [-0.1, -0.05) is 35.9 Å². The van der Waals surface area contributed by atoms with Gasteiger partial charge in [0.2, 0.25) is 0 Å². The van der Waals surface area contributed by atoms with Crippen molar-refractivity contribution in [3.63, 3.8) is 0 Å². The van der Waals surface area contributed by atoms with E-state index in [9.17, 15) is 26.4 Å². The van der Waals surface area contributed by atoms with E-state index in [0.717, 1.165) is 17.7 Å². The van der Waals surface area contributed by atoms with Gasteiger partial charge < -0.3 is 5.32 Å². The maximum Gasteiger partial charge on any atom is 0.418 e. The summed E-state index contributed by atoms with van der Waals surface area (Å²) in [5, 5.41) is 2.24. The first-order valence-corrected chi connectivity index (χ1v) is 10.6. The number of para-hydroxylation sites is 1. The Labute approximate surface area is 178 Å². The second-order valence-electron chi connectivity index (χ2n) is 6.95. The monoisotopic (exact) mass is 448 g/mol. The van der Waals surface area contributed by atoms with Crippen LogP contribution in [0.25, 0.3) is 0 Å². The Bertz CT molecular complexity index is 1220. The number of nitrogens with one attached hydrogen (secondary N) is 2. The van der Waals surface area contributed by atoms with Crippen molar-refractivity contribution in [3.8, 4) is 0 Å². The van der Waals surface area contributed by atoms with Gasteiger partial charge in [-0.15, -0.1) is 0 Å². The Kier molecular flexibility index (Phi) is 6.08. The molecule has 1 amide bonds. The summed E-state index contributed by atoms with van der Waals surface area (Å²) in [4.78, 5) is 12.6. The fourth-order valence-corrected chi connectivity index (χ4v) is 3.95. The molecule has 2 N–H and O–H groups in total. The van der Waals surface area contributed by atoms with Gasteiger partial charge in [-0.3, -0.25) is 9.52 Å². The predicted octanol–water partition coefficient (Wildman–Crippen LogP) is 5.38. The van der Waals surface area contributed by atoms with Crippen LogP contribution in [0.1, 0.15) is 27.0 Å². The van der Waals surface area contributed by atoms with E-state index in [1.165, 1.54) is 42.5 Å². The molecule has 0 atom stereocenters. The van der Waals surface area contributed by atoms with E-state index in [-0.39, 0.29) is 21.8 Å². The maximum absolute atomic E-state index is 13.2. The van der Waals surface area contributed by atoms with Crippen LogP contribution in [0.4, 0.5) is 24.5 Å². The molecule has 0 aliphatic rings. The number of alkyl halides is 3. The molecule has 0 saturated heterocycles. The molecule has 0 fully saturated rings. The largest absolute Gasteiger partial charge is 0.418 e. The zero-order valence-corrected chi connectivity index (χ0v) is 17.4. The quantitative estimate of drug-likeness (QED) is 0.551. The molecule has 0 aromatic heterocycles. The van der Waals surface area contributed by atoms with E-state index in [2.05, 4.69) is 10.0 Å². The molecule has 3 aromatic carbocycles. The van der Waals surface area contributed by atoms with Crippen LogP contribution in [0.5, 0.6) is 0 Å². The lowest BCUT2D eigenvalue weighted by Crippen LogP contribution is -2.18. The average Bonchev–Trinajstić information content (AvgIpc) is 2.69. The summed E-state index contributed by atoms with van der Waals surface area (Å²) in [6, 6.07) is 15.0. The first-order valence-electron chi connectivity index (χ1n) is 9.15. The van der Waals surface area contributed by atoms with E-state index in [1.807, 2.05) is 6.92 Å². The Hall–Kier alpha value is -3.33. The number of carbonyl (C=O) groups is 1. The van der Waals surface area contributed by atoms with Gasteiger partial charge in [0.1, 0.15) is 0 Å². The highest BCUT2D eigenvalue weighted by atomic mass is 32.2. The van der Waals surface area contributed by atoms with Crippen LogP contribution in [-0.2, 0) is 16.2 Å². The third kappa shape index (κ3) is 5.24. The number of benzene rings is 3. The van der Waals surface area contributed by atoms with Gasteiger partial charge >= 0.3 is 6.18 Å². The highest BCUT2D eigenvalue weighted by Gasteiger charge is 2.33. The van der Waals surface area contributed by atoms with Gasteiger partial charge in [-0.05, 0) is 55.8 Å². The molecule has 9 heteroatoms. The van der Waals surface area contributed by atoms with Crippen LogP contribution >= 0.6 is 0 Å². The van der Waals surface area contributed by atoms with Crippen molar-refractivity contribution < 1.29 is 26.4 Å². The van der Waals surface area contributed by atoms with Crippen LogP contribution in [-0.4, -0.2) is 14.3 Å². The number of sulfonamides is 1. The number of hydrogen-bond donors (Lipinski definition) is 2. The summed E-state index contributed by atoms with van der Waals surface area (Å²) in [6.45, 7) is 3.47. The van der Waals surface area contributed by atoms with Gasteiger partial charge in [0, 0.05) is 5.56 Å². The average molecular weight is 448 g/mol. The fraction of sp³-hybridized carbons (Fsp3) is 0.136. The van der Waals surface area contributed by atoms with E-state index in [0.29, 0.717) is 5.56 Å². The first-order chi connectivity index (χ1) is 14.5. The molecule has 31 heavy (non-hydrogen) atoms. The SMILES string of the molecule is Cc1ccc(S(=O)(=O)Nc2cc(C(=O)Nc3ccccc3C(F)(F)F)ccc2C)cc1. The van der Waals surface area contributed by atoms with Crippen LogP contribution in [0.15, 0.2) is 71.6 Å². The van der Waals surface area contributed by atoms with Crippen molar-refractivity contribution >= 4 is 27.3 Å². The minimum atomic E-state index is -4.63. The molecule has 0 saturated carbocycles. The minimum absolute atomic E-state index is 0.00387. The predicted molar refractivity (Wildman–Crippen MR) is 113 cm³/mol. The molecule has 3 rings (SSSR count). The summed E-state index contributed by atoms with van der Waals surface area (Å²) in [5.74, 6) is -0.799. The number of hydrogen-bond acceptors (Lipinski definition) is 3. The second-order valence-corrected chi connectivity index (χ2v) is 8.63. The fourth-order valence-electron chi connectivity index (χ4n) is 2.83. The number of anilines is 2. The van der Waals surface area contributed by atoms with Gasteiger partial charge in [0.05, 0.1) is 21.8 Å². The molecule has 0 aliphatic carbocycles. The van der Waals surface area contributed by atoms with Crippen molar-refractivity contribution in [2.75, 3.05) is 10.0 Å². The van der Waals surface area contributed by atoms with Crippen molar-refractivity contribution in [1.82, 2.24) is 0 Å². The van der Waals surface area contributed by atoms with Crippen LogP contribution in [0, 0.1) is 13.8 Å². The molecule has 162 valence electrons. The van der Waals surface area contributed by atoms with Crippen molar-refractivity contribution in [2.45, 2.75) is 24.9 Å². The molecule has 0 radical (unpaired) electrons. The molecule has 0 spiro atoms. The van der Waals surface area contributed by atoms with Crippen molar-refractivity contribution in [2.24, 2.45) is 0 Å². The van der Waals surface area contributed by atoms with Crippen LogP contribution < -0.4 is 10.0 Å². The second kappa shape index (κ2) is 8.43. The lowest BCUT2D eigenvalue weighted by atomic mass is 10.1. The van der Waals surface area contributed by atoms with Gasteiger partial charge in [0.15, 0.2) is 0 Å².